The van der Waals surface area contributed by atoms with Gasteiger partial charge in [-0.3, -0.25) is 13.7 Å². The van der Waals surface area contributed by atoms with Crippen molar-refractivity contribution >= 4 is 32.8 Å². The van der Waals surface area contributed by atoms with Crippen LogP contribution in [0.1, 0.15) is 97.3 Å². The van der Waals surface area contributed by atoms with Gasteiger partial charge in [0.05, 0.1) is 45.8 Å². The maximum absolute atomic E-state index is 9.21. The first-order valence-corrected chi connectivity index (χ1v) is 22.6. The SMILES string of the molecule is [2H]c1c([2H])c([2H])c(-c2cccc(-c3cc(C(C)(C)C)cc(C(C)(C)C)c3)c2-[n+]2[c-]n(-c3cccc(Oc4ccc5c6c([2H])c([2H])c([2H])c([2H])c6n(-c6cc(C(C)C(C)C)ccn6)c5c4)c3)c3ccccc32)c([2H])c1[2H]. The van der Waals surface area contributed by atoms with Crippen molar-refractivity contribution in [2.75, 3.05) is 0 Å². The molecule has 328 valence electrons. The predicted molar refractivity (Wildman–Crippen MR) is 274 cm³/mol. The Kier molecular flexibility index (Phi) is 8.39. The normalized spacial score (nSPS) is 14.6. The number of para-hydroxylation sites is 4. The minimum absolute atomic E-state index is 0.0803. The number of hydrogen-bond acceptors (Lipinski definition) is 2. The van der Waals surface area contributed by atoms with Gasteiger partial charge in [-0.2, -0.15) is 0 Å². The van der Waals surface area contributed by atoms with E-state index in [0.29, 0.717) is 62.0 Å². The minimum atomic E-state index is -0.465. The van der Waals surface area contributed by atoms with Crippen molar-refractivity contribution in [2.24, 2.45) is 5.92 Å². The number of imidazole rings is 1. The Hall–Kier alpha value is -7.24. The van der Waals surface area contributed by atoms with E-state index in [1.54, 1.807) is 12.3 Å². The van der Waals surface area contributed by atoms with Crippen molar-refractivity contribution < 1.29 is 21.6 Å². The van der Waals surface area contributed by atoms with Crippen molar-refractivity contribution in [3.63, 3.8) is 0 Å². The molecule has 0 spiro atoms. The second kappa shape index (κ2) is 16.6. The highest BCUT2D eigenvalue weighted by atomic mass is 16.5. The van der Waals surface area contributed by atoms with E-state index < -0.39 is 18.1 Å². The summed E-state index contributed by atoms with van der Waals surface area (Å²) in [5.74, 6) is 2.04. The van der Waals surface area contributed by atoms with Crippen LogP contribution in [-0.4, -0.2) is 14.1 Å². The summed E-state index contributed by atoms with van der Waals surface area (Å²) in [7, 11) is 0. The van der Waals surface area contributed by atoms with Crippen molar-refractivity contribution in [1.29, 1.82) is 0 Å². The van der Waals surface area contributed by atoms with Crippen LogP contribution in [-0.2, 0) is 10.8 Å². The van der Waals surface area contributed by atoms with Crippen LogP contribution in [0.2, 0.25) is 0 Å². The molecule has 3 aromatic heterocycles. The van der Waals surface area contributed by atoms with Crippen LogP contribution in [0.4, 0.5) is 0 Å². The topological polar surface area (TPSA) is 35.9 Å². The lowest BCUT2D eigenvalue weighted by atomic mass is 9.78. The first-order chi connectivity index (χ1) is 35.5. The Morgan fingerprint density at radius 1 is 0.606 bits per heavy atom. The average Bonchev–Trinajstić information content (AvgIpc) is 3.94. The minimum Gasteiger partial charge on any atom is -0.458 e. The molecule has 10 rings (SSSR count). The van der Waals surface area contributed by atoms with E-state index in [-0.39, 0.29) is 58.6 Å². The average molecular weight is 872 g/mol. The molecule has 0 radical (unpaired) electrons. The van der Waals surface area contributed by atoms with E-state index in [4.69, 9.17) is 19.3 Å². The quantitative estimate of drug-likeness (QED) is 0.107. The summed E-state index contributed by atoms with van der Waals surface area (Å²) >= 11 is 0. The molecule has 0 amide bonds. The Morgan fingerprint density at radius 2 is 1.29 bits per heavy atom. The predicted octanol–water partition coefficient (Wildman–Crippen LogP) is 15.7. The zero-order chi connectivity index (χ0) is 53.7. The smallest absolute Gasteiger partial charge is 0.269 e. The van der Waals surface area contributed by atoms with Gasteiger partial charge in [0.15, 0.2) is 0 Å². The Bertz CT molecular complexity index is 3890. The van der Waals surface area contributed by atoms with Gasteiger partial charge in [-0.1, -0.05) is 177 Å². The molecule has 1 unspecified atom stereocenters. The van der Waals surface area contributed by atoms with Crippen LogP contribution in [0.15, 0.2) is 176 Å². The zero-order valence-electron chi connectivity index (χ0n) is 47.9. The molecule has 0 saturated carbocycles. The summed E-state index contributed by atoms with van der Waals surface area (Å²) < 4.78 is 92.1. The lowest BCUT2D eigenvalue weighted by molar-refractivity contribution is -0.571. The van der Waals surface area contributed by atoms with Crippen LogP contribution >= 0.6 is 0 Å². The fourth-order valence-corrected chi connectivity index (χ4v) is 8.72. The van der Waals surface area contributed by atoms with E-state index in [0.717, 1.165) is 38.9 Å². The summed E-state index contributed by atoms with van der Waals surface area (Å²) in [4.78, 5) is 4.76. The molecule has 0 bridgehead atoms. The molecule has 1 atom stereocenters. The fraction of sp³-hybridized carbons (Fsp3) is 0.213. The molecular formula is C61H58N4O. The van der Waals surface area contributed by atoms with Crippen molar-refractivity contribution in [3.8, 4) is 50.9 Å². The van der Waals surface area contributed by atoms with Crippen molar-refractivity contribution in [2.45, 2.75) is 79.1 Å². The lowest BCUT2D eigenvalue weighted by Gasteiger charge is -2.27. The molecule has 10 aromatic rings. The van der Waals surface area contributed by atoms with Crippen LogP contribution in [0, 0.1) is 12.2 Å². The Morgan fingerprint density at radius 3 is 2.03 bits per heavy atom. The second-order valence-corrected chi connectivity index (χ2v) is 19.6. The Balaban J connectivity index is 1.16. The molecule has 0 N–H and O–H groups in total. The third-order valence-electron chi connectivity index (χ3n) is 12.8. The van der Waals surface area contributed by atoms with Gasteiger partial charge in [-0.15, -0.1) is 0 Å². The summed E-state index contributed by atoms with van der Waals surface area (Å²) in [5.41, 5.74) is 8.88. The van der Waals surface area contributed by atoms with Crippen LogP contribution < -0.4 is 9.30 Å². The number of hydrogen-bond donors (Lipinski definition) is 0. The Labute approximate surface area is 402 Å². The molecule has 0 aliphatic heterocycles. The van der Waals surface area contributed by atoms with Gasteiger partial charge in [0.1, 0.15) is 17.3 Å². The summed E-state index contributed by atoms with van der Waals surface area (Å²) in [6.07, 6.45) is 5.40. The molecule has 5 heteroatoms. The second-order valence-electron chi connectivity index (χ2n) is 19.6. The van der Waals surface area contributed by atoms with Gasteiger partial charge in [0.25, 0.3) is 6.33 Å². The highest BCUT2D eigenvalue weighted by Crippen LogP contribution is 2.40. The molecule has 0 saturated heterocycles. The molecular weight excluding hydrogens is 805 g/mol. The summed E-state index contributed by atoms with van der Waals surface area (Å²) in [6.45, 7) is 19.6. The molecule has 7 aromatic carbocycles. The highest BCUT2D eigenvalue weighted by Gasteiger charge is 2.25. The lowest BCUT2D eigenvalue weighted by Crippen LogP contribution is -2.31. The van der Waals surface area contributed by atoms with E-state index >= 15 is 0 Å². The van der Waals surface area contributed by atoms with Gasteiger partial charge < -0.3 is 4.74 Å². The van der Waals surface area contributed by atoms with Crippen LogP contribution in [0.25, 0.3) is 72.3 Å². The van der Waals surface area contributed by atoms with Gasteiger partial charge >= 0.3 is 0 Å². The first kappa shape index (κ1) is 33.3. The number of ether oxygens (including phenoxy) is 1. The number of aromatic nitrogens is 4. The molecule has 0 aliphatic carbocycles. The third-order valence-corrected chi connectivity index (χ3v) is 12.8. The monoisotopic (exact) mass is 872 g/mol. The third kappa shape index (κ3) is 7.87. The first-order valence-electron chi connectivity index (χ1n) is 27.1. The molecule has 0 aliphatic rings. The van der Waals surface area contributed by atoms with Gasteiger partial charge in [0.2, 0.25) is 0 Å². The fourth-order valence-electron chi connectivity index (χ4n) is 8.72. The van der Waals surface area contributed by atoms with Gasteiger partial charge in [-0.05, 0) is 110 Å². The number of benzene rings is 7. The van der Waals surface area contributed by atoms with E-state index in [1.807, 2.05) is 105 Å². The van der Waals surface area contributed by atoms with Gasteiger partial charge in [0, 0.05) is 23.0 Å². The summed E-state index contributed by atoms with van der Waals surface area (Å²) in [5, 5.41) is 1.02. The molecule has 66 heavy (non-hydrogen) atoms. The van der Waals surface area contributed by atoms with E-state index in [2.05, 4.69) is 86.8 Å². The van der Waals surface area contributed by atoms with Crippen molar-refractivity contribution in [3.05, 3.63) is 199 Å². The van der Waals surface area contributed by atoms with E-state index in [9.17, 15) is 2.74 Å². The zero-order valence-corrected chi connectivity index (χ0v) is 38.9. The summed E-state index contributed by atoms with van der Waals surface area (Å²) in [6, 6.07) is 34.4. The number of pyridine rings is 1. The standard InChI is InChI=1S/C61H58N4O/c1-40(2)41(3)43-31-32-62-58(35-43)65-54-26-14-13-23-52(54)53-30-29-49(38-57(53)65)66-48-22-17-21-47(37-48)63-39-64(56-28-16-15-27-55(56)63)59-50(42-19-11-10-12-20-42)24-18-25-51(59)44-33-45(60(4,5)6)36-46(34-44)61(7,8)9/h10-38,40-41H,1-9H3/i10D,11D,12D,13D,14D,19D,20D,23D,26D. The number of nitrogens with zero attached hydrogens (tertiary/aromatic N) is 4. The molecule has 5 nitrogen and oxygen atoms in total. The molecule has 3 heterocycles. The van der Waals surface area contributed by atoms with Crippen LogP contribution in [0.3, 0.4) is 0 Å². The van der Waals surface area contributed by atoms with Crippen LogP contribution in [0.5, 0.6) is 11.5 Å². The van der Waals surface area contributed by atoms with E-state index in [1.165, 1.54) is 0 Å². The van der Waals surface area contributed by atoms with Gasteiger partial charge in [-0.25, -0.2) is 4.98 Å². The number of rotatable bonds is 9. The number of fused-ring (bicyclic) bond motifs is 4. The highest BCUT2D eigenvalue weighted by molar-refractivity contribution is 6.09. The maximum atomic E-state index is 9.21. The maximum Gasteiger partial charge on any atom is 0.269 e. The van der Waals surface area contributed by atoms with Crippen molar-refractivity contribution in [1.82, 2.24) is 14.1 Å². The molecule has 0 fully saturated rings. The largest absolute Gasteiger partial charge is 0.458 e.